The van der Waals surface area contributed by atoms with Gasteiger partial charge in [0.1, 0.15) is 17.2 Å². The summed E-state index contributed by atoms with van der Waals surface area (Å²) in [6.45, 7) is 1.28. The molecule has 13 heteroatoms. The van der Waals surface area contributed by atoms with Gasteiger partial charge in [0.05, 0.1) is 33.8 Å². The minimum absolute atomic E-state index is 0.0360. The van der Waals surface area contributed by atoms with Crippen LogP contribution in [-0.4, -0.2) is 41.6 Å². The van der Waals surface area contributed by atoms with Crippen molar-refractivity contribution < 1.29 is 35.2 Å². The van der Waals surface area contributed by atoms with Crippen molar-refractivity contribution in [3.05, 3.63) is 65.4 Å². The molecule has 4 heterocycles. The first-order chi connectivity index (χ1) is 15.9. The second-order valence-electron chi connectivity index (χ2n) is 7.35. The number of sulfone groups is 1. The number of nitrogens with zero attached hydrogens (tertiary/aromatic N) is 4. The van der Waals surface area contributed by atoms with Gasteiger partial charge in [-0.25, -0.2) is 22.2 Å². The summed E-state index contributed by atoms with van der Waals surface area (Å²) in [5.41, 5.74) is -1.96. The number of carbonyl (C=O) groups is 1. The zero-order valence-corrected chi connectivity index (χ0v) is 18.2. The fraction of sp³-hybridized carbons (Fsp3) is 0.238. The Labute approximate surface area is 190 Å². The van der Waals surface area contributed by atoms with Gasteiger partial charge in [0.2, 0.25) is 0 Å². The van der Waals surface area contributed by atoms with Crippen LogP contribution in [0, 0.1) is 11.6 Å². The molecule has 1 amide bonds. The Morgan fingerprint density at radius 3 is 2.44 bits per heavy atom. The quantitative estimate of drug-likeness (QED) is 0.508. The minimum atomic E-state index is -4.69. The van der Waals surface area contributed by atoms with E-state index in [0.29, 0.717) is 12.3 Å². The average molecular weight is 498 g/mol. The van der Waals surface area contributed by atoms with Gasteiger partial charge in [-0.1, -0.05) is 6.92 Å². The summed E-state index contributed by atoms with van der Waals surface area (Å²) in [5.74, 6) is -3.40. The molecule has 0 spiro atoms. The summed E-state index contributed by atoms with van der Waals surface area (Å²) < 4.78 is 92.3. The largest absolute Gasteiger partial charge is 0.417 e. The summed E-state index contributed by atoms with van der Waals surface area (Å²) in [6, 6.07) is 2.32. The molecule has 1 aliphatic heterocycles. The number of carbonyl (C=O) groups excluding carboxylic acids is 1. The highest BCUT2D eigenvalue weighted by Gasteiger charge is 2.36. The third kappa shape index (κ3) is 4.22. The fourth-order valence-electron chi connectivity index (χ4n) is 3.49. The first kappa shape index (κ1) is 23.7. The van der Waals surface area contributed by atoms with E-state index in [2.05, 4.69) is 15.0 Å². The SMILES string of the molecule is CCS(=O)(=O)c1cc(-c2ncc(F)cc2F)cnc1C(=O)N1CCc2ncc(C(F)(F)F)cc21. The number of anilines is 1. The fourth-order valence-corrected chi connectivity index (χ4v) is 4.55. The van der Waals surface area contributed by atoms with Crippen LogP contribution in [0.5, 0.6) is 0 Å². The number of hydrogen-bond donors (Lipinski definition) is 0. The van der Waals surface area contributed by atoms with Crippen molar-refractivity contribution in [3.8, 4) is 11.3 Å². The lowest BCUT2D eigenvalue weighted by Crippen LogP contribution is -2.31. The number of rotatable bonds is 4. The first-order valence-electron chi connectivity index (χ1n) is 9.84. The van der Waals surface area contributed by atoms with Crippen LogP contribution in [0.3, 0.4) is 0 Å². The van der Waals surface area contributed by atoms with Gasteiger partial charge < -0.3 is 4.90 Å². The Balaban J connectivity index is 1.82. The van der Waals surface area contributed by atoms with Crippen LogP contribution in [0.4, 0.5) is 27.6 Å². The van der Waals surface area contributed by atoms with Gasteiger partial charge in [0, 0.05) is 37.0 Å². The molecule has 0 unspecified atom stereocenters. The second-order valence-corrected chi connectivity index (χ2v) is 9.60. The first-order valence-corrected chi connectivity index (χ1v) is 11.5. The van der Waals surface area contributed by atoms with Crippen LogP contribution in [-0.2, 0) is 22.4 Å². The molecule has 1 aliphatic rings. The van der Waals surface area contributed by atoms with Crippen molar-refractivity contribution in [3.63, 3.8) is 0 Å². The Hall–Kier alpha value is -3.48. The van der Waals surface area contributed by atoms with Crippen LogP contribution < -0.4 is 4.90 Å². The highest BCUT2D eigenvalue weighted by molar-refractivity contribution is 7.91. The van der Waals surface area contributed by atoms with E-state index in [1.165, 1.54) is 6.92 Å². The van der Waals surface area contributed by atoms with E-state index in [0.717, 1.165) is 29.4 Å². The van der Waals surface area contributed by atoms with E-state index in [1.807, 2.05) is 0 Å². The number of fused-ring (bicyclic) bond motifs is 1. The standard InChI is InChI=1S/C21H15F5N4O3S/c1-2-34(32,33)17-5-11(18-14(23)7-13(22)10-29-18)8-28-19(17)20(31)30-4-3-15-16(30)6-12(9-27-15)21(24,25)26/h5-10H,2-4H2,1H3. The number of alkyl halides is 3. The minimum Gasteiger partial charge on any atom is -0.305 e. The van der Waals surface area contributed by atoms with E-state index in [4.69, 9.17) is 0 Å². The number of halogens is 5. The zero-order valence-electron chi connectivity index (χ0n) is 17.4. The molecule has 0 atom stereocenters. The Bertz CT molecular complexity index is 1410. The third-order valence-corrected chi connectivity index (χ3v) is 6.98. The lowest BCUT2D eigenvalue weighted by molar-refractivity contribution is -0.137. The third-order valence-electron chi connectivity index (χ3n) is 5.23. The monoisotopic (exact) mass is 498 g/mol. The molecule has 3 aromatic heterocycles. The normalized spacial score (nSPS) is 13.8. The lowest BCUT2D eigenvalue weighted by atomic mass is 10.1. The number of amides is 1. The molecule has 34 heavy (non-hydrogen) atoms. The molecule has 4 rings (SSSR count). The molecular weight excluding hydrogens is 483 g/mol. The van der Waals surface area contributed by atoms with Gasteiger partial charge in [-0.3, -0.25) is 14.8 Å². The topological polar surface area (TPSA) is 93.1 Å². The predicted molar refractivity (Wildman–Crippen MR) is 110 cm³/mol. The van der Waals surface area contributed by atoms with E-state index in [-0.39, 0.29) is 35.6 Å². The highest BCUT2D eigenvalue weighted by atomic mass is 32.2. The summed E-state index contributed by atoms with van der Waals surface area (Å²) in [4.78, 5) is 25.0. The molecule has 0 bridgehead atoms. The maximum Gasteiger partial charge on any atom is 0.417 e. The number of hydrogen-bond acceptors (Lipinski definition) is 6. The van der Waals surface area contributed by atoms with Crippen molar-refractivity contribution in [2.24, 2.45) is 0 Å². The number of pyridine rings is 3. The summed E-state index contributed by atoms with van der Waals surface area (Å²) in [7, 11) is -4.09. The molecule has 0 saturated carbocycles. The molecule has 0 N–H and O–H groups in total. The summed E-state index contributed by atoms with van der Waals surface area (Å²) in [6.07, 6.45) is -2.14. The van der Waals surface area contributed by atoms with Crippen LogP contribution in [0.25, 0.3) is 11.3 Å². The molecular formula is C21H15F5N4O3S. The summed E-state index contributed by atoms with van der Waals surface area (Å²) in [5, 5.41) is 0. The van der Waals surface area contributed by atoms with E-state index in [1.54, 1.807) is 0 Å². The van der Waals surface area contributed by atoms with Gasteiger partial charge in [0.25, 0.3) is 5.91 Å². The van der Waals surface area contributed by atoms with Crippen LogP contribution in [0.1, 0.15) is 28.7 Å². The van der Waals surface area contributed by atoms with Gasteiger partial charge >= 0.3 is 6.18 Å². The molecule has 7 nitrogen and oxygen atoms in total. The molecule has 0 radical (unpaired) electrons. The molecule has 0 aromatic carbocycles. The Morgan fingerprint density at radius 2 is 1.79 bits per heavy atom. The molecule has 0 saturated heterocycles. The van der Waals surface area contributed by atoms with E-state index in [9.17, 15) is 35.2 Å². The lowest BCUT2D eigenvalue weighted by Gasteiger charge is -2.19. The van der Waals surface area contributed by atoms with Crippen molar-refractivity contribution >= 4 is 21.4 Å². The molecule has 3 aromatic rings. The maximum atomic E-state index is 14.2. The highest BCUT2D eigenvalue weighted by Crippen LogP contribution is 2.36. The molecule has 178 valence electrons. The van der Waals surface area contributed by atoms with Crippen molar-refractivity contribution in [2.45, 2.75) is 24.4 Å². The molecule has 0 fully saturated rings. The zero-order chi connectivity index (χ0) is 24.8. The van der Waals surface area contributed by atoms with Crippen LogP contribution >= 0.6 is 0 Å². The van der Waals surface area contributed by atoms with Gasteiger partial charge in [-0.05, 0) is 12.1 Å². The van der Waals surface area contributed by atoms with Gasteiger partial charge in [-0.2, -0.15) is 13.2 Å². The van der Waals surface area contributed by atoms with Crippen molar-refractivity contribution in [1.82, 2.24) is 15.0 Å². The van der Waals surface area contributed by atoms with Gasteiger partial charge in [0.15, 0.2) is 15.7 Å². The number of aromatic nitrogens is 3. The average Bonchev–Trinajstić information content (AvgIpc) is 3.21. The molecule has 0 aliphatic carbocycles. The maximum absolute atomic E-state index is 14.2. The van der Waals surface area contributed by atoms with Gasteiger partial charge in [-0.15, -0.1) is 0 Å². The second kappa shape index (κ2) is 8.38. The van der Waals surface area contributed by atoms with Crippen LogP contribution in [0.2, 0.25) is 0 Å². The van der Waals surface area contributed by atoms with E-state index < -0.39 is 55.5 Å². The summed E-state index contributed by atoms with van der Waals surface area (Å²) >= 11 is 0. The van der Waals surface area contributed by atoms with E-state index >= 15 is 0 Å². The smallest absolute Gasteiger partial charge is 0.305 e. The predicted octanol–water partition coefficient (Wildman–Crippen LogP) is 3.83. The Morgan fingerprint density at radius 1 is 1.06 bits per heavy atom. The van der Waals surface area contributed by atoms with Crippen LogP contribution in [0.15, 0.2) is 41.7 Å². The Kier molecular flexibility index (Phi) is 5.84. The van der Waals surface area contributed by atoms with Crippen molar-refractivity contribution in [1.29, 1.82) is 0 Å². The van der Waals surface area contributed by atoms with Crippen molar-refractivity contribution in [2.75, 3.05) is 17.2 Å².